The third-order valence-corrected chi connectivity index (χ3v) is 5.96. The van der Waals surface area contributed by atoms with E-state index in [0.717, 1.165) is 49.4 Å². The van der Waals surface area contributed by atoms with Gasteiger partial charge < -0.3 is 14.8 Å². The van der Waals surface area contributed by atoms with Crippen LogP contribution in [0, 0.1) is 0 Å². The third-order valence-electron chi connectivity index (χ3n) is 5.46. The topological polar surface area (TPSA) is 33.7 Å². The van der Waals surface area contributed by atoms with Crippen LogP contribution >= 0.6 is 15.9 Å². The van der Waals surface area contributed by atoms with Crippen molar-refractivity contribution in [3.05, 3.63) is 28.2 Å². The second-order valence-corrected chi connectivity index (χ2v) is 7.86. The molecule has 0 aliphatic carbocycles. The number of piperidine rings is 1. The zero-order valence-corrected chi connectivity index (χ0v) is 16.2. The number of benzene rings is 1. The first-order valence-corrected chi connectivity index (χ1v) is 9.89. The fourth-order valence-electron chi connectivity index (χ4n) is 4.04. The highest BCUT2D eigenvalue weighted by molar-refractivity contribution is 9.10. The molecule has 1 aromatic carbocycles. The number of nitrogens with one attached hydrogen (secondary N) is 1. The van der Waals surface area contributed by atoms with Gasteiger partial charge in [0.15, 0.2) is 0 Å². The average molecular weight is 397 g/mol. The van der Waals surface area contributed by atoms with Crippen molar-refractivity contribution in [3.63, 3.8) is 0 Å². The van der Waals surface area contributed by atoms with Crippen molar-refractivity contribution in [1.82, 2.24) is 10.2 Å². The largest absolute Gasteiger partial charge is 0.496 e. The number of likely N-dealkylation sites (tertiary alicyclic amines) is 1. The Balaban J connectivity index is 1.64. The molecule has 0 aromatic heterocycles. The number of hydrogen-bond acceptors (Lipinski definition) is 4. The number of nitrogens with zero attached hydrogens (tertiary/aromatic N) is 1. The molecule has 2 saturated heterocycles. The molecule has 1 N–H and O–H groups in total. The maximum Gasteiger partial charge on any atom is 0.123 e. The van der Waals surface area contributed by atoms with Gasteiger partial charge in [-0.3, -0.25) is 4.90 Å². The first-order valence-electron chi connectivity index (χ1n) is 9.09. The van der Waals surface area contributed by atoms with Crippen molar-refractivity contribution < 1.29 is 9.47 Å². The van der Waals surface area contributed by atoms with E-state index in [-0.39, 0.29) is 5.54 Å². The van der Waals surface area contributed by atoms with Gasteiger partial charge in [-0.2, -0.15) is 0 Å². The van der Waals surface area contributed by atoms with Gasteiger partial charge in [0.05, 0.1) is 7.11 Å². The van der Waals surface area contributed by atoms with Crippen molar-refractivity contribution in [3.8, 4) is 5.75 Å². The van der Waals surface area contributed by atoms with Gasteiger partial charge in [0.1, 0.15) is 5.75 Å². The van der Waals surface area contributed by atoms with Crippen LogP contribution in [0.15, 0.2) is 22.7 Å². The summed E-state index contributed by atoms with van der Waals surface area (Å²) >= 11 is 3.56. The minimum Gasteiger partial charge on any atom is -0.496 e. The van der Waals surface area contributed by atoms with E-state index in [9.17, 15) is 0 Å². The smallest absolute Gasteiger partial charge is 0.123 e. The van der Waals surface area contributed by atoms with E-state index in [0.29, 0.717) is 0 Å². The van der Waals surface area contributed by atoms with Gasteiger partial charge in [-0.1, -0.05) is 22.4 Å². The Labute approximate surface area is 154 Å². The molecule has 4 nitrogen and oxygen atoms in total. The summed E-state index contributed by atoms with van der Waals surface area (Å²) in [7, 11) is 1.74. The second-order valence-electron chi connectivity index (χ2n) is 6.94. The highest BCUT2D eigenvalue weighted by atomic mass is 79.9. The Morgan fingerprint density at radius 2 is 1.96 bits per heavy atom. The minimum atomic E-state index is 0.262. The van der Waals surface area contributed by atoms with Crippen LogP contribution in [0.3, 0.4) is 0 Å². The van der Waals surface area contributed by atoms with Gasteiger partial charge in [0.2, 0.25) is 0 Å². The van der Waals surface area contributed by atoms with Crippen LogP contribution in [0.1, 0.15) is 37.7 Å². The Morgan fingerprint density at radius 3 is 2.67 bits per heavy atom. The van der Waals surface area contributed by atoms with Crippen LogP contribution in [0.2, 0.25) is 0 Å². The summed E-state index contributed by atoms with van der Waals surface area (Å²) in [6, 6.07) is 6.19. The summed E-state index contributed by atoms with van der Waals surface area (Å²) in [5.74, 6) is 0.949. The van der Waals surface area contributed by atoms with Crippen molar-refractivity contribution >= 4 is 15.9 Å². The summed E-state index contributed by atoms with van der Waals surface area (Å²) in [5, 5.41) is 3.71. The zero-order chi connectivity index (χ0) is 16.8. The molecule has 1 aromatic rings. The maximum atomic E-state index is 5.65. The Bertz CT molecular complexity index is 526. The number of hydrogen-bond donors (Lipinski definition) is 1. The molecule has 0 amide bonds. The van der Waals surface area contributed by atoms with E-state index in [4.69, 9.17) is 9.47 Å². The maximum absolute atomic E-state index is 5.65. The van der Waals surface area contributed by atoms with Crippen LogP contribution < -0.4 is 10.1 Å². The lowest BCUT2D eigenvalue weighted by atomic mass is 9.86. The molecule has 24 heavy (non-hydrogen) atoms. The molecule has 2 fully saturated rings. The highest BCUT2D eigenvalue weighted by Gasteiger charge is 2.38. The number of halogens is 1. The molecule has 3 rings (SSSR count). The number of methoxy groups -OCH3 is 1. The zero-order valence-electron chi connectivity index (χ0n) is 14.7. The van der Waals surface area contributed by atoms with Crippen molar-refractivity contribution in [2.75, 3.05) is 40.0 Å². The van der Waals surface area contributed by atoms with Gasteiger partial charge in [-0.15, -0.1) is 0 Å². The standard InChI is InChI=1S/C19H29BrN2O2/c1-23-18-6-5-17(20)13-16(18)14-21-15-19(7-11-24-12-8-19)22-9-3-2-4-10-22/h5-6,13,21H,2-4,7-12,14-15H2,1H3. The van der Waals surface area contributed by atoms with Crippen molar-refractivity contribution in [2.24, 2.45) is 0 Å². The molecular formula is C19H29BrN2O2. The van der Waals surface area contributed by atoms with E-state index in [1.165, 1.54) is 37.9 Å². The average Bonchev–Trinajstić information content (AvgIpc) is 2.63. The molecule has 5 heteroatoms. The minimum absolute atomic E-state index is 0.262. The van der Waals surface area contributed by atoms with Gasteiger partial charge in [-0.05, 0) is 57.0 Å². The lowest BCUT2D eigenvalue weighted by molar-refractivity contribution is -0.0358. The highest BCUT2D eigenvalue weighted by Crippen LogP contribution is 2.31. The molecule has 0 unspecified atom stereocenters. The number of rotatable bonds is 6. The van der Waals surface area contributed by atoms with Crippen molar-refractivity contribution in [1.29, 1.82) is 0 Å². The third kappa shape index (κ3) is 4.31. The Morgan fingerprint density at radius 1 is 1.21 bits per heavy atom. The van der Waals surface area contributed by atoms with Gasteiger partial charge >= 0.3 is 0 Å². The van der Waals surface area contributed by atoms with Crippen molar-refractivity contribution in [2.45, 2.75) is 44.2 Å². The van der Waals surface area contributed by atoms with Crippen LogP contribution in [0.5, 0.6) is 5.75 Å². The van der Waals surface area contributed by atoms with Crippen LogP contribution in [0.25, 0.3) is 0 Å². The molecule has 2 aliphatic heterocycles. The molecule has 2 heterocycles. The molecule has 0 bridgehead atoms. The van der Waals surface area contributed by atoms with E-state index < -0.39 is 0 Å². The first kappa shape index (κ1) is 18.2. The quantitative estimate of drug-likeness (QED) is 0.796. The molecule has 0 radical (unpaired) electrons. The van der Waals surface area contributed by atoms with Gasteiger partial charge in [0.25, 0.3) is 0 Å². The van der Waals surface area contributed by atoms with Gasteiger partial charge in [-0.25, -0.2) is 0 Å². The lowest BCUT2D eigenvalue weighted by Gasteiger charge is -2.48. The molecular weight excluding hydrogens is 368 g/mol. The molecule has 134 valence electrons. The fourth-order valence-corrected chi connectivity index (χ4v) is 4.45. The Hall–Kier alpha value is -0.620. The number of ether oxygens (including phenoxy) is 2. The summed E-state index contributed by atoms with van der Waals surface area (Å²) in [4.78, 5) is 2.73. The Kier molecular flexibility index (Phi) is 6.56. The second kappa shape index (κ2) is 8.65. The van der Waals surface area contributed by atoms with E-state index in [2.05, 4.69) is 32.2 Å². The lowest BCUT2D eigenvalue weighted by Crippen LogP contribution is -2.59. The molecule has 2 aliphatic rings. The van der Waals surface area contributed by atoms with Gasteiger partial charge in [0, 0.05) is 41.9 Å². The molecule has 0 spiro atoms. The van der Waals surface area contributed by atoms with E-state index in [1.807, 2.05) is 12.1 Å². The molecule has 0 atom stereocenters. The van der Waals surface area contributed by atoms with Crippen LogP contribution in [0.4, 0.5) is 0 Å². The monoisotopic (exact) mass is 396 g/mol. The predicted molar refractivity (Wildman–Crippen MR) is 101 cm³/mol. The van der Waals surface area contributed by atoms with E-state index >= 15 is 0 Å². The predicted octanol–water partition coefficient (Wildman–Crippen LogP) is 3.58. The normalized spacial score (nSPS) is 21.6. The summed E-state index contributed by atoms with van der Waals surface area (Å²) in [5.41, 5.74) is 1.46. The summed E-state index contributed by atoms with van der Waals surface area (Å²) < 4.78 is 12.2. The van der Waals surface area contributed by atoms with Crippen LogP contribution in [-0.4, -0.2) is 50.4 Å². The SMILES string of the molecule is COc1ccc(Br)cc1CNCC1(N2CCCCC2)CCOCC1. The summed E-state index contributed by atoms with van der Waals surface area (Å²) in [6.45, 7) is 6.10. The van der Waals surface area contributed by atoms with E-state index in [1.54, 1.807) is 7.11 Å². The van der Waals surface area contributed by atoms with Crippen LogP contribution in [-0.2, 0) is 11.3 Å². The first-order chi connectivity index (χ1) is 11.7. The molecule has 0 saturated carbocycles. The summed E-state index contributed by atoms with van der Waals surface area (Å²) in [6.07, 6.45) is 6.32. The fraction of sp³-hybridized carbons (Fsp3) is 0.684.